The van der Waals surface area contributed by atoms with Gasteiger partial charge in [0.1, 0.15) is 5.82 Å². The van der Waals surface area contributed by atoms with E-state index >= 15 is 0 Å². The van der Waals surface area contributed by atoms with Gasteiger partial charge in [-0.25, -0.2) is 4.98 Å². The zero-order valence-corrected chi connectivity index (χ0v) is 21.2. The van der Waals surface area contributed by atoms with Gasteiger partial charge in [-0.2, -0.15) is 0 Å². The van der Waals surface area contributed by atoms with E-state index in [9.17, 15) is 0 Å². The number of hydrogen-bond acceptors (Lipinski definition) is 3. The van der Waals surface area contributed by atoms with Crippen LogP contribution in [-0.4, -0.2) is 35.2 Å². The summed E-state index contributed by atoms with van der Waals surface area (Å²) >= 11 is 0. The van der Waals surface area contributed by atoms with Crippen LogP contribution >= 0.6 is 24.0 Å². The van der Waals surface area contributed by atoms with Crippen molar-refractivity contribution < 1.29 is 4.74 Å². The second-order valence-corrected chi connectivity index (χ2v) is 7.68. The molecule has 2 N–H and O–H groups in total. The summed E-state index contributed by atoms with van der Waals surface area (Å²) in [6.07, 6.45) is 1.24. The number of guanidine groups is 1. The highest BCUT2D eigenvalue weighted by molar-refractivity contribution is 14.0. The van der Waals surface area contributed by atoms with E-state index in [1.54, 1.807) is 7.05 Å². The normalized spacial score (nSPS) is 11.6. The van der Waals surface area contributed by atoms with Gasteiger partial charge in [-0.1, -0.05) is 36.4 Å². The molecule has 0 radical (unpaired) electrons. The first-order chi connectivity index (χ1) is 14.6. The second kappa shape index (κ2) is 12.7. The van der Waals surface area contributed by atoms with Gasteiger partial charge >= 0.3 is 0 Å². The smallest absolute Gasteiger partial charge is 0.191 e. The molecule has 3 aromatic rings. The van der Waals surface area contributed by atoms with Crippen molar-refractivity contribution in [2.45, 2.75) is 53.0 Å². The highest BCUT2D eigenvalue weighted by atomic mass is 127. The Morgan fingerprint density at radius 3 is 2.48 bits per heavy atom. The fourth-order valence-corrected chi connectivity index (χ4v) is 3.34. The zero-order chi connectivity index (χ0) is 21.3. The Bertz CT molecular complexity index is 966. The first-order valence-electron chi connectivity index (χ1n) is 10.6. The van der Waals surface area contributed by atoms with Crippen LogP contribution in [0.1, 0.15) is 37.2 Å². The highest BCUT2D eigenvalue weighted by Crippen LogP contribution is 2.15. The number of ether oxygens (including phenoxy) is 1. The highest BCUT2D eigenvalue weighted by Gasteiger charge is 2.06. The van der Waals surface area contributed by atoms with Crippen LogP contribution in [0.2, 0.25) is 0 Å². The third-order valence-corrected chi connectivity index (χ3v) is 4.99. The summed E-state index contributed by atoms with van der Waals surface area (Å²) in [6, 6.07) is 16.8. The molecule has 0 spiro atoms. The molecule has 0 fully saturated rings. The Balaban J connectivity index is 0.00000341. The number of benzene rings is 2. The van der Waals surface area contributed by atoms with Crippen LogP contribution in [0.15, 0.2) is 53.5 Å². The number of hydrogen-bond donors (Lipinski definition) is 2. The Labute approximate surface area is 202 Å². The van der Waals surface area contributed by atoms with Gasteiger partial charge in [0.15, 0.2) is 5.96 Å². The van der Waals surface area contributed by atoms with E-state index in [4.69, 9.17) is 4.74 Å². The molecule has 0 aliphatic carbocycles. The molecular weight excluding hydrogens is 501 g/mol. The molecule has 1 aromatic heterocycles. The maximum atomic E-state index is 5.65. The van der Waals surface area contributed by atoms with Gasteiger partial charge in [-0.05, 0) is 50.5 Å². The maximum Gasteiger partial charge on any atom is 0.191 e. The van der Waals surface area contributed by atoms with Crippen LogP contribution in [0.4, 0.5) is 0 Å². The Hall–Kier alpha value is -2.13. The lowest BCUT2D eigenvalue weighted by molar-refractivity contribution is 0.0657. The zero-order valence-electron chi connectivity index (χ0n) is 18.9. The number of aryl methyl sites for hydroxylation is 2. The van der Waals surface area contributed by atoms with Gasteiger partial charge in [-0.15, -0.1) is 24.0 Å². The predicted molar refractivity (Wildman–Crippen MR) is 139 cm³/mol. The molecule has 0 unspecified atom stereocenters. The van der Waals surface area contributed by atoms with Gasteiger partial charge in [0.25, 0.3) is 0 Å². The minimum Gasteiger partial charge on any atom is -0.374 e. The largest absolute Gasteiger partial charge is 0.374 e. The van der Waals surface area contributed by atoms with Crippen molar-refractivity contribution in [2.24, 2.45) is 4.99 Å². The van der Waals surface area contributed by atoms with Crippen molar-refractivity contribution in [3.05, 3.63) is 65.5 Å². The monoisotopic (exact) mass is 535 g/mol. The number of aliphatic imine (C=N–C) groups is 1. The molecule has 2 aromatic carbocycles. The summed E-state index contributed by atoms with van der Waals surface area (Å²) in [6.45, 7) is 9.32. The molecule has 0 bridgehead atoms. The molecule has 31 heavy (non-hydrogen) atoms. The van der Waals surface area contributed by atoms with E-state index in [-0.39, 0.29) is 30.1 Å². The lowest BCUT2D eigenvalue weighted by Gasteiger charge is -2.13. The van der Waals surface area contributed by atoms with Gasteiger partial charge < -0.3 is 19.9 Å². The number of para-hydroxylation sites is 2. The maximum absolute atomic E-state index is 5.65. The molecule has 168 valence electrons. The van der Waals surface area contributed by atoms with E-state index in [2.05, 4.69) is 88.4 Å². The molecule has 0 saturated carbocycles. The van der Waals surface area contributed by atoms with Crippen LogP contribution in [-0.2, 0) is 24.4 Å². The van der Waals surface area contributed by atoms with E-state index < -0.39 is 0 Å². The summed E-state index contributed by atoms with van der Waals surface area (Å²) in [5.41, 5.74) is 4.66. The molecule has 1 heterocycles. The van der Waals surface area contributed by atoms with Crippen LogP contribution in [0.5, 0.6) is 0 Å². The number of fused-ring (bicyclic) bond motifs is 1. The summed E-state index contributed by atoms with van der Waals surface area (Å²) in [5.74, 6) is 1.87. The van der Waals surface area contributed by atoms with Gasteiger partial charge in [-0.3, -0.25) is 4.99 Å². The third kappa shape index (κ3) is 7.50. The third-order valence-electron chi connectivity index (χ3n) is 4.99. The van der Waals surface area contributed by atoms with E-state index in [0.717, 1.165) is 43.4 Å². The molecule has 0 atom stereocenters. The quantitative estimate of drug-likeness (QED) is 0.181. The SMILES string of the molecule is CN=C(NCCCn1c(C)nc2ccccc21)NCc1ccc(COC(C)C)cc1.I. The van der Waals surface area contributed by atoms with Gasteiger partial charge in [0.2, 0.25) is 0 Å². The van der Waals surface area contributed by atoms with Gasteiger partial charge in [0.05, 0.1) is 23.7 Å². The van der Waals surface area contributed by atoms with Crippen LogP contribution in [0.3, 0.4) is 0 Å². The molecule has 0 aliphatic rings. The predicted octanol–water partition coefficient (Wildman–Crippen LogP) is 4.64. The van der Waals surface area contributed by atoms with Crippen molar-refractivity contribution in [1.29, 1.82) is 0 Å². The number of imidazole rings is 1. The fraction of sp³-hybridized carbons (Fsp3) is 0.417. The average molecular weight is 535 g/mol. The average Bonchev–Trinajstić information content (AvgIpc) is 3.07. The Morgan fingerprint density at radius 2 is 1.77 bits per heavy atom. The minimum atomic E-state index is 0. The van der Waals surface area contributed by atoms with Gasteiger partial charge in [0, 0.05) is 26.7 Å². The number of halogens is 1. The first kappa shape index (κ1) is 25.1. The second-order valence-electron chi connectivity index (χ2n) is 7.68. The lowest BCUT2D eigenvalue weighted by atomic mass is 10.1. The standard InChI is InChI=1S/C24H33N5O.HI/c1-18(2)30-17-21-12-10-20(11-13-21)16-27-24(25-4)26-14-7-15-29-19(3)28-22-8-5-6-9-23(22)29;/h5-6,8-13,18H,7,14-17H2,1-4H3,(H2,25,26,27);1H. The summed E-state index contributed by atoms with van der Waals surface area (Å²) in [5, 5.41) is 6.78. The summed E-state index contributed by atoms with van der Waals surface area (Å²) in [7, 11) is 1.80. The van der Waals surface area contributed by atoms with Crippen molar-refractivity contribution in [3.8, 4) is 0 Å². The van der Waals surface area contributed by atoms with Crippen molar-refractivity contribution in [3.63, 3.8) is 0 Å². The van der Waals surface area contributed by atoms with E-state index in [0.29, 0.717) is 6.61 Å². The molecular formula is C24H34IN5O. The van der Waals surface area contributed by atoms with Crippen LogP contribution < -0.4 is 10.6 Å². The summed E-state index contributed by atoms with van der Waals surface area (Å²) < 4.78 is 7.92. The molecule has 0 aliphatic heterocycles. The summed E-state index contributed by atoms with van der Waals surface area (Å²) in [4.78, 5) is 8.96. The number of rotatable bonds is 9. The van der Waals surface area contributed by atoms with Crippen LogP contribution in [0.25, 0.3) is 11.0 Å². The lowest BCUT2D eigenvalue weighted by Crippen LogP contribution is -2.37. The fourth-order valence-electron chi connectivity index (χ4n) is 3.34. The number of nitrogens with zero attached hydrogens (tertiary/aromatic N) is 3. The van der Waals surface area contributed by atoms with Crippen molar-refractivity contribution >= 4 is 41.0 Å². The number of nitrogens with one attached hydrogen (secondary N) is 2. The topological polar surface area (TPSA) is 63.5 Å². The minimum absolute atomic E-state index is 0. The van der Waals surface area contributed by atoms with E-state index in [1.165, 1.54) is 16.6 Å². The molecule has 3 rings (SSSR count). The number of aromatic nitrogens is 2. The van der Waals surface area contributed by atoms with Crippen LogP contribution in [0, 0.1) is 6.92 Å². The Morgan fingerprint density at radius 1 is 1.06 bits per heavy atom. The molecule has 0 saturated heterocycles. The van der Waals surface area contributed by atoms with E-state index in [1.807, 2.05) is 6.07 Å². The molecule has 0 amide bonds. The molecule has 7 heteroatoms. The van der Waals surface area contributed by atoms with Crippen molar-refractivity contribution in [1.82, 2.24) is 20.2 Å². The Kier molecular flexibility index (Phi) is 10.3. The molecule has 6 nitrogen and oxygen atoms in total. The van der Waals surface area contributed by atoms with Crippen molar-refractivity contribution in [2.75, 3.05) is 13.6 Å². The first-order valence-corrected chi connectivity index (χ1v) is 10.6.